The summed E-state index contributed by atoms with van der Waals surface area (Å²) < 4.78 is 15.2. The summed E-state index contributed by atoms with van der Waals surface area (Å²) in [5.74, 6) is -1.28. The molecule has 27 heavy (non-hydrogen) atoms. The number of carboxylic acids is 1. The van der Waals surface area contributed by atoms with Crippen LogP contribution in [0.15, 0.2) is 48.8 Å². The summed E-state index contributed by atoms with van der Waals surface area (Å²) in [4.78, 5) is 15.4. The minimum absolute atomic E-state index is 0. The van der Waals surface area contributed by atoms with Crippen molar-refractivity contribution in [2.45, 2.75) is 32.7 Å². The van der Waals surface area contributed by atoms with Crippen molar-refractivity contribution in [3.05, 3.63) is 60.3 Å². The van der Waals surface area contributed by atoms with E-state index in [0.29, 0.717) is 5.69 Å². The van der Waals surface area contributed by atoms with Crippen LogP contribution in [0.2, 0.25) is 0 Å². The molecule has 0 unspecified atom stereocenters. The van der Waals surface area contributed by atoms with Crippen LogP contribution in [-0.4, -0.2) is 44.7 Å². The molecule has 2 aromatic heterocycles. The van der Waals surface area contributed by atoms with Crippen LogP contribution in [0, 0.1) is 5.82 Å². The van der Waals surface area contributed by atoms with E-state index in [-0.39, 0.29) is 36.6 Å². The number of halogens is 1. The second-order valence-electron chi connectivity index (χ2n) is 7.07. The van der Waals surface area contributed by atoms with Crippen LogP contribution in [0.3, 0.4) is 0 Å². The third kappa shape index (κ3) is 4.47. The molecule has 1 N–H and O–H groups in total. The van der Waals surface area contributed by atoms with E-state index in [2.05, 4.69) is 10.1 Å². The molecule has 0 aliphatic carbocycles. The van der Waals surface area contributed by atoms with Gasteiger partial charge in [0.05, 0.1) is 23.3 Å². The van der Waals surface area contributed by atoms with E-state index in [1.165, 1.54) is 12.1 Å². The van der Waals surface area contributed by atoms with Crippen LogP contribution in [0.4, 0.5) is 4.39 Å². The molecule has 136 valence electrons. The number of rotatable bonds is 4. The Bertz CT molecular complexity index is 932. The molecule has 0 atom stereocenters. The van der Waals surface area contributed by atoms with Gasteiger partial charge >= 0.3 is 24.8 Å². The zero-order chi connectivity index (χ0) is 18.9. The van der Waals surface area contributed by atoms with Crippen LogP contribution in [0.25, 0.3) is 22.4 Å². The molecule has 0 spiro atoms. The van der Waals surface area contributed by atoms with E-state index in [4.69, 9.17) is 0 Å². The van der Waals surface area contributed by atoms with Crippen molar-refractivity contribution in [3.8, 4) is 22.4 Å². The molecule has 0 aliphatic heterocycles. The molecule has 0 saturated heterocycles. The topological polar surface area (TPSA) is 68.0 Å². The maximum atomic E-state index is 13.4. The summed E-state index contributed by atoms with van der Waals surface area (Å²) >= 11 is 0. The molecule has 0 aliphatic rings. The van der Waals surface area contributed by atoms with Crippen LogP contribution < -0.4 is 0 Å². The van der Waals surface area contributed by atoms with Gasteiger partial charge in [0.15, 0.2) is 0 Å². The Balaban J connectivity index is 0.00000261. The van der Waals surface area contributed by atoms with Gasteiger partial charge in [0, 0.05) is 23.5 Å². The SMILES string of the molecule is CC(C)(C)n1nc(CC(=O)O)c(-c2ccncc2)c1-c1ccc(F)cc1.[LiH]. The summed E-state index contributed by atoms with van der Waals surface area (Å²) in [7, 11) is 0. The van der Waals surface area contributed by atoms with Gasteiger partial charge in [0.2, 0.25) is 0 Å². The molecular formula is C20H21FLiN3O2. The number of benzene rings is 1. The van der Waals surface area contributed by atoms with Crippen molar-refractivity contribution in [3.63, 3.8) is 0 Å². The van der Waals surface area contributed by atoms with Crippen molar-refractivity contribution in [1.29, 1.82) is 0 Å². The number of carbonyl (C=O) groups is 1. The number of aliphatic carboxylic acids is 1. The molecule has 3 rings (SSSR count). The molecule has 3 aromatic rings. The fourth-order valence-corrected chi connectivity index (χ4v) is 2.91. The molecule has 2 heterocycles. The van der Waals surface area contributed by atoms with Gasteiger partial charge in [-0.05, 0) is 62.7 Å². The standard InChI is InChI=1S/C20H20FN3O2.Li.H/c1-20(2,3)24-19(14-4-6-15(21)7-5-14)18(13-8-10-22-11-9-13)16(23-24)12-17(25)26;;/h4-11H,12H2,1-3H3,(H,25,26);;. The Morgan fingerprint density at radius 1 is 1.07 bits per heavy atom. The fourth-order valence-electron chi connectivity index (χ4n) is 2.91. The molecule has 0 radical (unpaired) electrons. The monoisotopic (exact) mass is 361 g/mol. The average molecular weight is 361 g/mol. The predicted molar refractivity (Wildman–Crippen MR) is 104 cm³/mol. The Labute approximate surface area is 169 Å². The first-order valence-corrected chi connectivity index (χ1v) is 8.28. The van der Waals surface area contributed by atoms with Gasteiger partial charge < -0.3 is 5.11 Å². The van der Waals surface area contributed by atoms with Crippen molar-refractivity contribution >= 4 is 24.8 Å². The van der Waals surface area contributed by atoms with Crippen molar-refractivity contribution in [2.75, 3.05) is 0 Å². The summed E-state index contributed by atoms with van der Waals surface area (Å²) in [5.41, 5.74) is 3.18. The van der Waals surface area contributed by atoms with Crippen LogP contribution >= 0.6 is 0 Å². The van der Waals surface area contributed by atoms with Gasteiger partial charge in [-0.3, -0.25) is 14.5 Å². The van der Waals surface area contributed by atoms with Crippen molar-refractivity contribution in [1.82, 2.24) is 14.8 Å². The number of aromatic nitrogens is 3. The number of hydrogen-bond acceptors (Lipinski definition) is 3. The Kier molecular flexibility index (Phi) is 6.25. The first-order valence-electron chi connectivity index (χ1n) is 8.28. The second-order valence-corrected chi connectivity index (χ2v) is 7.07. The first kappa shape index (κ1) is 20.9. The van der Waals surface area contributed by atoms with Gasteiger partial charge in [-0.15, -0.1) is 0 Å². The molecular weight excluding hydrogens is 340 g/mol. The van der Waals surface area contributed by atoms with E-state index in [9.17, 15) is 14.3 Å². The third-order valence-electron chi connectivity index (χ3n) is 4.00. The molecule has 0 fully saturated rings. The Morgan fingerprint density at radius 2 is 1.67 bits per heavy atom. The Morgan fingerprint density at radius 3 is 2.19 bits per heavy atom. The van der Waals surface area contributed by atoms with E-state index in [0.717, 1.165) is 22.4 Å². The predicted octanol–water partition coefficient (Wildman–Crippen LogP) is 3.48. The minimum atomic E-state index is -0.954. The number of nitrogens with zero attached hydrogens (tertiary/aromatic N) is 3. The third-order valence-corrected chi connectivity index (χ3v) is 4.00. The summed E-state index contributed by atoms with van der Waals surface area (Å²) in [5, 5.41) is 14.0. The van der Waals surface area contributed by atoms with Gasteiger partial charge in [0.25, 0.3) is 0 Å². The second kappa shape index (κ2) is 8.08. The van der Waals surface area contributed by atoms with E-state index < -0.39 is 5.97 Å². The molecule has 0 bridgehead atoms. The van der Waals surface area contributed by atoms with Gasteiger partial charge in [0.1, 0.15) is 5.82 Å². The van der Waals surface area contributed by atoms with E-state index in [1.807, 2.05) is 37.6 Å². The molecule has 1 aromatic carbocycles. The summed E-state index contributed by atoms with van der Waals surface area (Å²) in [6.07, 6.45) is 3.11. The van der Waals surface area contributed by atoms with Crippen LogP contribution in [-0.2, 0) is 16.8 Å². The maximum absolute atomic E-state index is 13.4. The fraction of sp³-hybridized carbons (Fsp3) is 0.250. The summed E-state index contributed by atoms with van der Waals surface area (Å²) in [6, 6.07) is 9.80. The van der Waals surface area contributed by atoms with Gasteiger partial charge in [-0.25, -0.2) is 4.39 Å². The van der Waals surface area contributed by atoms with Crippen LogP contribution in [0.5, 0.6) is 0 Å². The van der Waals surface area contributed by atoms with E-state index >= 15 is 0 Å². The Hall–Kier alpha value is -2.42. The van der Waals surface area contributed by atoms with Crippen LogP contribution in [0.1, 0.15) is 26.5 Å². The zero-order valence-electron chi connectivity index (χ0n) is 14.9. The zero-order valence-corrected chi connectivity index (χ0v) is 14.9. The quantitative estimate of drug-likeness (QED) is 0.723. The first-order chi connectivity index (χ1) is 12.3. The number of hydrogen-bond donors (Lipinski definition) is 1. The van der Waals surface area contributed by atoms with Gasteiger partial charge in [-0.1, -0.05) is 0 Å². The normalized spacial score (nSPS) is 11.1. The van der Waals surface area contributed by atoms with Crippen molar-refractivity contribution < 1.29 is 14.3 Å². The van der Waals surface area contributed by atoms with Crippen molar-refractivity contribution in [2.24, 2.45) is 0 Å². The molecule has 7 heteroatoms. The van der Waals surface area contributed by atoms with E-state index in [1.54, 1.807) is 24.5 Å². The molecule has 5 nitrogen and oxygen atoms in total. The molecule has 0 saturated carbocycles. The number of carboxylic acid groups (broad SMARTS) is 1. The summed E-state index contributed by atoms with van der Waals surface area (Å²) in [6.45, 7) is 5.98. The number of pyridine rings is 1. The molecule has 0 amide bonds. The average Bonchev–Trinajstić information content (AvgIpc) is 2.95. The van der Waals surface area contributed by atoms with Gasteiger partial charge in [-0.2, -0.15) is 5.10 Å².